The zero-order chi connectivity index (χ0) is 15.1. The lowest BCUT2D eigenvalue weighted by atomic mass is 9.97. The average molecular weight is 277 g/mol. The molecule has 1 aromatic rings. The smallest absolute Gasteiger partial charge is 0.307 e. The number of aryl methyl sites for hydroxylation is 2. The number of ether oxygens (including phenoxy) is 1. The maximum Gasteiger partial charge on any atom is 0.307 e. The molecule has 1 N–H and O–H groups in total. The van der Waals surface area contributed by atoms with Gasteiger partial charge in [-0.25, -0.2) is 0 Å². The number of nitrogens with one attached hydrogen (secondary N) is 1. The molecule has 3 nitrogen and oxygen atoms in total. The number of hydrogen-bond acceptors (Lipinski definition) is 3. The van der Waals surface area contributed by atoms with Crippen molar-refractivity contribution < 1.29 is 9.53 Å². The van der Waals surface area contributed by atoms with E-state index in [-0.39, 0.29) is 12.0 Å². The second kappa shape index (κ2) is 8.05. The van der Waals surface area contributed by atoms with Gasteiger partial charge in [-0.15, -0.1) is 0 Å². The van der Waals surface area contributed by atoms with E-state index in [0.29, 0.717) is 19.1 Å². The van der Waals surface area contributed by atoms with Crippen LogP contribution in [0.1, 0.15) is 43.9 Å². The molecule has 20 heavy (non-hydrogen) atoms. The lowest BCUT2D eigenvalue weighted by Gasteiger charge is -2.21. The minimum atomic E-state index is -0.129. The number of carbonyl (C=O) groups is 1. The standard InChI is InChI=1S/C17H27NO2/c1-6-20-17(19)11-16(18-12(2)3)10-15-9-13(4)7-8-14(15)5/h7-9,12,16,18H,6,10-11H2,1-5H3. The molecule has 0 amide bonds. The molecule has 1 atom stereocenters. The summed E-state index contributed by atoms with van der Waals surface area (Å²) in [5.74, 6) is -0.129. The van der Waals surface area contributed by atoms with Crippen LogP contribution in [0.25, 0.3) is 0 Å². The van der Waals surface area contributed by atoms with Crippen LogP contribution in [0.15, 0.2) is 18.2 Å². The van der Waals surface area contributed by atoms with Crippen molar-refractivity contribution in [3.8, 4) is 0 Å². The number of carbonyl (C=O) groups excluding carboxylic acids is 1. The van der Waals surface area contributed by atoms with Crippen LogP contribution >= 0.6 is 0 Å². The first-order chi connectivity index (χ1) is 9.42. The zero-order valence-corrected chi connectivity index (χ0v) is 13.3. The van der Waals surface area contributed by atoms with Crippen molar-refractivity contribution in [2.45, 2.75) is 59.5 Å². The van der Waals surface area contributed by atoms with Crippen LogP contribution in [0.2, 0.25) is 0 Å². The molecule has 1 aromatic carbocycles. The Morgan fingerprint density at radius 3 is 2.60 bits per heavy atom. The Hall–Kier alpha value is -1.35. The fourth-order valence-corrected chi connectivity index (χ4v) is 2.37. The minimum Gasteiger partial charge on any atom is -0.466 e. The fourth-order valence-electron chi connectivity index (χ4n) is 2.37. The van der Waals surface area contributed by atoms with Crippen LogP contribution in [0.5, 0.6) is 0 Å². The van der Waals surface area contributed by atoms with Gasteiger partial charge in [0.15, 0.2) is 0 Å². The normalized spacial score (nSPS) is 12.5. The molecular weight excluding hydrogens is 250 g/mol. The number of hydrogen-bond donors (Lipinski definition) is 1. The quantitative estimate of drug-likeness (QED) is 0.778. The topological polar surface area (TPSA) is 38.3 Å². The molecule has 1 rings (SSSR count). The predicted molar refractivity (Wildman–Crippen MR) is 82.9 cm³/mol. The minimum absolute atomic E-state index is 0.120. The van der Waals surface area contributed by atoms with Crippen LogP contribution in [0, 0.1) is 13.8 Å². The summed E-state index contributed by atoms with van der Waals surface area (Å²) in [5.41, 5.74) is 3.83. The molecule has 0 aliphatic rings. The van der Waals surface area contributed by atoms with Crippen LogP contribution < -0.4 is 5.32 Å². The summed E-state index contributed by atoms with van der Waals surface area (Å²) in [4.78, 5) is 11.7. The van der Waals surface area contributed by atoms with Gasteiger partial charge in [0, 0.05) is 12.1 Å². The van der Waals surface area contributed by atoms with Crippen LogP contribution in [0.4, 0.5) is 0 Å². The van der Waals surface area contributed by atoms with E-state index in [1.807, 2.05) is 6.92 Å². The molecule has 0 saturated carbocycles. The molecule has 0 radical (unpaired) electrons. The van der Waals surface area contributed by atoms with Gasteiger partial charge in [0.25, 0.3) is 0 Å². The van der Waals surface area contributed by atoms with Crippen LogP contribution in [0.3, 0.4) is 0 Å². The highest BCUT2D eigenvalue weighted by molar-refractivity contribution is 5.70. The van der Waals surface area contributed by atoms with E-state index in [1.165, 1.54) is 16.7 Å². The molecule has 0 fully saturated rings. The monoisotopic (exact) mass is 277 g/mol. The Morgan fingerprint density at radius 2 is 2.00 bits per heavy atom. The molecule has 112 valence electrons. The predicted octanol–water partition coefficient (Wildman–Crippen LogP) is 3.17. The summed E-state index contributed by atoms with van der Waals surface area (Å²) in [5, 5.41) is 3.46. The van der Waals surface area contributed by atoms with E-state index in [9.17, 15) is 4.79 Å². The second-order valence-electron chi connectivity index (χ2n) is 5.66. The van der Waals surface area contributed by atoms with Gasteiger partial charge in [-0.1, -0.05) is 37.6 Å². The van der Waals surface area contributed by atoms with Gasteiger partial charge in [-0.2, -0.15) is 0 Å². The number of rotatable bonds is 7. The van der Waals surface area contributed by atoms with Crippen molar-refractivity contribution >= 4 is 5.97 Å². The van der Waals surface area contributed by atoms with Crippen LogP contribution in [-0.2, 0) is 16.0 Å². The third kappa shape index (κ3) is 5.74. The van der Waals surface area contributed by atoms with Gasteiger partial charge >= 0.3 is 5.97 Å². The molecule has 3 heteroatoms. The highest BCUT2D eigenvalue weighted by Gasteiger charge is 2.17. The lowest BCUT2D eigenvalue weighted by molar-refractivity contribution is -0.143. The average Bonchev–Trinajstić information content (AvgIpc) is 2.33. The Balaban J connectivity index is 2.77. The van der Waals surface area contributed by atoms with Crippen molar-refractivity contribution in [3.63, 3.8) is 0 Å². The summed E-state index contributed by atoms with van der Waals surface area (Å²) >= 11 is 0. The van der Waals surface area contributed by atoms with Gasteiger partial charge in [0.05, 0.1) is 13.0 Å². The third-order valence-electron chi connectivity index (χ3n) is 3.26. The SMILES string of the molecule is CCOC(=O)CC(Cc1cc(C)ccc1C)NC(C)C. The first-order valence-corrected chi connectivity index (χ1v) is 7.40. The lowest BCUT2D eigenvalue weighted by Crippen LogP contribution is -2.38. The molecule has 0 heterocycles. The van der Waals surface area contributed by atoms with Crippen molar-refractivity contribution in [2.75, 3.05) is 6.61 Å². The molecule has 0 aromatic heterocycles. The van der Waals surface area contributed by atoms with Crippen LogP contribution in [-0.4, -0.2) is 24.7 Å². The van der Waals surface area contributed by atoms with Gasteiger partial charge in [0.2, 0.25) is 0 Å². The maximum absolute atomic E-state index is 11.7. The molecular formula is C17H27NO2. The molecule has 0 bridgehead atoms. The Morgan fingerprint density at radius 1 is 1.30 bits per heavy atom. The van der Waals surface area contributed by atoms with Gasteiger partial charge in [-0.3, -0.25) is 4.79 Å². The fraction of sp³-hybridized carbons (Fsp3) is 0.588. The van der Waals surface area contributed by atoms with Crippen molar-refractivity contribution in [2.24, 2.45) is 0 Å². The van der Waals surface area contributed by atoms with E-state index in [1.54, 1.807) is 0 Å². The van der Waals surface area contributed by atoms with E-state index in [2.05, 4.69) is 51.2 Å². The van der Waals surface area contributed by atoms with Gasteiger partial charge in [-0.05, 0) is 38.3 Å². The van der Waals surface area contributed by atoms with Crippen molar-refractivity contribution in [3.05, 3.63) is 34.9 Å². The molecule has 1 unspecified atom stereocenters. The largest absolute Gasteiger partial charge is 0.466 e. The summed E-state index contributed by atoms with van der Waals surface area (Å²) in [6.45, 7) is 10.7. The number of esters is 1. The van der Waals surface area contributed by atoms with E-state index in [0.717, 1.165) is 6.42 Å². The van der Waals surface area contributed by atoms with E-state index in [4.69, 9.17) is 4.74 Å². The third-order valence-corrected chi connectivity index (χ3v) is 3.26. The Labute approximate surface area is 122 Å². The summed E-state index contributed by atoms with van der Waals surface area (Å²) < 4.78 is 5.07. The highest BCUT2D eigenvalue weighted by Crippen LogP contribution is 2.15. The maximum atomic E-state index is 11.7. The first kappa shape index (κ1) is 16.7. The second-order valence-corrected chi connectivity index (χ2v) is 5.66. The van der Waals surface area contributed by atoms with Gasteiger partial charge in [0.1, 0.15) is 0 Å². The van der Waals surface area contributed by atoms with E-state index < -0.39 is 0 Å². The van der Waals surface area contributed by atoms with Gasteiger partial charge < -0.3 is 10.1 Å². The first-order valence-electron chi connectivity index (χ1n) is 7.40. The summed E-state index contributed by atoms with van der Waals surface area (Å²) in [6.07, 6.45) is 1.27. The van der Waals surface area contributed by atoms with E-state index >= 15 is 0 Å². The summed E-state index contributed by atoms with van der Waals surface area (Å²) in [7, 11) is 0. The molecule has 0 spiro atoms. The van der Waals surface area contributed by atoms with Crippen molar-refractivity contribution in [1.29, 1.82) is 0 Å². The molecule has 0 aliphatic carbocycles. The zero-order valence-electron chi connectivity index (χ0n) is 13.3. The number of benzene rings is 1. The molecule has 0 aliphatic heterocycles. The van der Waals surface area contributed by atoms with Crippen molar-refractivity contribution in [1.82, 2.24) is 5.32 Å². The molecule has 0 saturated heterocycles. The Bertz CT molecular complexity index is 441. The highest BCUT2D eigenvalue weighted by atomic mass is 16.5. The summed E-state index contributed by atoms with van der Waals surface area (Å²) in [6, 6.07) is 6.93. The Kier molecular flexibility index (Phi) is 6.73.